The fourth-order valence-electron chi connectivity index (χ4n) is 8.93. The van der Waals surface area contributed by atoms with Crippen LogP contribution in [0, 0.1) is 0 Å². The fraction of sp³-hybridized carbons (Fsp3) is 0.191. The molecule has 240 valence electrons. The predicted octanol–water partition coefficient (Wildman–Crippen LogP) is 13.1. The average molecular weight is 652 g/mol. The van der Waals surface area contributed by atoms with Gasteiger partial charge in [-0.05, 0) is 99.9 Å². The van der Waals surface area contributed by atoms with Crippen LogP contribution in [-0.4, -0.2) is 5.54 Å². The second-order valence-electron chi connectivity index (χ2n) is 14.8. The molecule has 0 bridgehead atoms. The highest BCUT2D eigenvalue weighted by Gasteiger charge is 2.43. The molecule has 0 saturated heterocycles. The van der Waals surface area contributed by atoms with Crippen molar-refractivity contribution in [2.75, 3.05) is 4.90 Å². The van der Waals surface area contributed by atoms with Crippen molar-refractivity contribution in [1.29, 1.82) is 0 Å². The zero-order chi connectivity index (χ0) is 33.3. The third-order valence-corrected chi connectivity index (χ3v) is 12.6. The molecule has 3 aliphatic rings. The van der Waals surface area contributed by atoms with Gasteiger partial charge in [0.05, 0.1) is 5.54 Å². The van der Waals surface area contributed by atoms with Crippen molar-refractivity contribution in [2.24, 2.45) is 0 Å². The molecule has 9 rings (SSSR count). The maximum absolute atomic E-state index is 2.52. The van der Waals surface area contributed by atoms with Crippen LogP contribution < -0.4 is 4.90 Å². The number of thiophene rings is 1. The van der Waals surface area contributed by atoms with Gasteiger partial charge in [-0.2, -0.15) is 0 Å². The molecule has 0 aliphatic heterocycles. The molecule has 1 heterocycles. The number of anilines is 2. The van der Waals surface area contributed by atoms with E-state index in [0.29, 0.717) is 5.92 Å². The Balaban J connectivity index is 1.13. The van der Waals surface area contributed by atoms with Gasteiger partial charge in [-0.15, -0.1) is 11.3 Å². The molecule has 0 spiro atoms. The molecule has 1 nitrogen and oxygen atoms in total. The Morgan fingerprint density at radius 1 is 0.673 bits per heavy atom. The zero-order valence-electron chi connectivity index (χ0n) is 28.7. The van der Waals surface area contributed by atoms with Crippen LogP contribution in [-0.2, 0) is 5.41 Å². The molecule has 6 aromatic rings. The van der Waals surface area contributed by atoms with Crippen LogP contribution >= 0.6 is 11.3 Å². The van der Waals surface area contributed by atoms with Crippen molar-refractivity contribution >= 4 is 43.9 Å². The van der Waals surface area contributed by atoms with Crippen LogP contribution in [0.25, 0.3) is 32.4 Å². The topological polar surface area (TPSA) is 3.24 Å². The first-order valence-electron chi connectivity index (χ1n) is 17.6. The van der Waals surface area contributed by atoms with Crippen LogP contribution in [0.4, 0.5) is 11.4 Å². The zero-order valence-corrected chi connectivity index (χ0v) is 29.5. The molecule has 0 fully saturated rings. The lowest BCUT2D eigenvalue weighted by Crippen LogP contribution is -2.42. The summed E-state index contributed by atoms with van der Waals surface area (Å²) in [6.07, 6.45) is 8.92. The maximum Gasteiger partial charge on any atom is 0.0648 e. The third kappa shape index (κ3) is 4.72. The number of benzene rings is 5. The summed E-state index contributed by atoms with van der Waals surface area (Å²) in [7, 11) is 0. The molecule has 0 amide bonds. The van der Waals surface area contributed by atoms with E-state index in [0.717, 1.165) is 12.8 Å². The number of fused-ring (bicyclic) bond motifs is 6. The Bertz CT molecular complexity index is 2320. The minimum Gasteiger partial charge on any atom is -0.332 e. The SMILES string of the molecule is C[C@@H]1CC2=C(c3ccccc3C2(C)C)c2sc3c(-c4ccc(N(c5ccccc5)[C@@]5(C)C=CC=C(c6ccccc6)C5)cc4)cccc3c21. The normalized spacial score (nSPS) is 20.5. The fourth-order valence-corrected chi connectivity index (χ4v) is 10.5. The van der Waals surface area contributed by atoms with Crippen LogP contribution in [0.2, 0.25) is 0 Å². The van der Waals surface area contributed by atoms with Gasteiger partial charge in [0.25, 0.3) is 0 Å². The van der Waals surface area contributed by atoms with E-state index in [1.807, 2.05) is 11.3 Å². The number of nitrogens with zero attached hydrogens (tertiary/aromatic N) is 1. The molecular weight excluding hydrogens is 611 g/mol. The van der Waals surface area contributed by atoms with Gasteiger partial charge in [0.1, 0.15) is 0 Å². The third-order valence-electron chi connectivity index (χ3n) is 11.3. The molecule has 1 aromatic heterocycles. The predicted molar refractivity (Wildman–Crippen MR) is 211 cm³/mol. The molecule has 0 saturated carbocycles. The second kappa shape index (κ2) is 11.3. The summed E-state index contributed by atoms with van der Waals surface area (Å²) < 4.78 is 1.41. The smallest absolute Gasteiger partial charge is 0.0648 e. The number of allylic oxidation sites excluding steroid dienone is 3. The van der Waals surface area contributed by atoms with Gasteiger partial charge in [-0.1, -0.05) is 148 Å². The van der Waals surface area contributed by atoms with Crippen LogP contribution in [0.5, 0.6) is 0 Å². The number of rotatable bonds is 5. The lowest BCUT2D eigenvalue weighted by molar-refractivity contribution is 0.577. The second-order valence-corrected chi connectivity index (χ2v) is 15.8. The molecule has 3 aliphatic carbocycles. The van der Waals surface area contributed by atoms with E-state index in [2.05, 4.69) is 178 Å². The van der Waals surface area contributed by atoms with Crippen LogP contribution in [0.1, 0.15) is 73.6 Å². The summed E-state index contributed by atoms with van der Waals surface area (Å²) in [6.45, 7) is 9.65. The number of para-hydroxylation sites is 1. The number of hydrogen-bond acceptors (Lipinski definition) is 2. The monoisotopic (exact) mass is 651 g/mol. The van der Waals surface area contributed by atoms with Crippen molar-refractivity contribution in [3.05, 3.63) is 178 Å². The summed E-state index contributed by atoms with van der Waals surface area (Å²) in [6, 6.07) is 47.1. The largest absolute Gasteiger partial charge is 0.332 e. The van der Waals surface area contributed by atoms with E-state index in [1.54, 1.807) is 11.1 Å². The first-order chi connectivity index (χ1) is 23.8. The highest BCUT2D eigenvalue weighted by atomic mass is 32.1. The van der Waals surface area contributed by atoms with Gasteiger partial charge in [-0.25, -0.2) is 0 Å². The Kier molecular flexibility index (Phi) is 6.97. The average Bonchev–Trinajstić information content (AvgIpc) is 3.63. The van der Waals surface area contributed by atoms with Gasteiger partial charge < -0.3 is 4.90 Å². The van der Waals surface area contributed by atoms with E-state index < -0.39 is 0 Å². The Hall–Kier alpha value is -4.92. The quantitative estimate of drug-likeness (QED) is 0.179. The van der Waals surface area contributed by atoms with Crippen molar-refractivity contribution in [2.45, 2.75) is 57.4 Å². The maximum atomic E-state index is 2.52. The summed E-state index contributed by atoms with van der Waals surface area (Å²) in [5.74, 6) is 0.493. The molecule has 0 N–H and O–H groups in total. The minimum atomic E-state index is -0.234. The van der Waals surface area contributed by atoms with Gasteiger partial charge in [0.2, 0.25) is 0 Å². The first-order valence-corrected chi connectivity index (χ1v) is 18.4. The number of hydrogen-bond donors (Lipinski definition) is 0. The first kappa shape index (κ1) is 30.2. The minimum absolute atomic E-state index is 0.0686. The lowest BCUT2D eigenvalue weighted by atomic mass is 9.74. The van der Waals surface area contributed by atoms with Crippen molar-refractivity contribution < 1.29 is 0 Å². The van der Waals surface area contributed by atoms with E-state index >= 15 is 0 Å². The van der Waals surface area contributed by atoms with Crippen molar-refractivity contribution in [3.8, 4) is 11.1 Å². The Morgan fingerprint density at radius 3 is 2.12 bits per heavy atom. The molecular formula is C47H41NS. The molecule has 0 radical (unpaired) electrons. The molecule has 5 aromatic carbocycles. The summed E-state index contributed by atoms with van der Waals surface area (Å²) in [4.78, 5) is 4.00. The Labute approximate surface area is 294 Å². The van der Waals surface area contributed by atoms with E-state index in [4.69, 9.17) is 0 Å². The standard InChI is InChI=1S/C47H41NS/c1-31-29-41-43(38-20-11-12-23-40(38)46(41,2)3)45-42(31)39-22-13-21-37(44(39)49-45)33-24-26-36(27-25-33)48(35-18-9-6-10-19-35)47(4)28-14-17-34(30-47)32-15-7-5-8-16-32/h5-28,31H,29-30H2,1-4H3/t31-,47+/m1/s1. The van der Waals surface area contributed by atoms with Crippen molar-refractivity contribution in [3.63, 3.8) is 0 Å². The van der Waals surface area contributed by atoms with Gasteiger partial charge in [0.15, 0.2) is 0 Å². The van der Waals surface area contributed by atoms with E-state index in [-0.39, 0.29) is 11.0 Å². The Morgan fingerprint density at radius 2 is 1.35 bits per heavy atom. The van der Waals surface area contributed by atoms with E-state index in [1.165, 1.54) is 65.3 Å². The van der Waals surface area contributed by atoms with Crippen LogP contribution in [0.15, 0.2) is 151 Å². The van der Waals surface area contributed by atoms with Gasteiger partial charge in [0, 0.05) is 26.4 Å². The van der Waals surface area contributed by atoms with E-state index in [9.17, 15) is 0 Å². The summed E-state index contributed by atoms with van der Waals surface area (Å²) >= 11 is 2.01. The molecule has 2 atom stereocenters. The summed E-state index contributed by atoms with van der Waals surface area (Å²) in [5.41, 5.74) is 15.0. The molecule has 0 unspecified atom stereocenters. The van der Waals surface area contributed by atoms with Gasteiger partial charge in [-0.3, -0.25) is 0 Å². The van der Waals surface area contributed by atoms with Crippen molar-refractivity contribution in [1.82, 2.24) is 0 Å². The van der Waals surface area contributed by atoms with Gasteiger partial charge >= 0.3 is 0 Å². The molecule has 2 heteroatoms. The highest BCUT2D eigenvalue weighted by molar-refractivity contribution is 7.21. The van der Waals surface area contributed by atoms with Crippen LogP contribution in [0.3, 0.4) is 0 Å². The summed E-state index contributed by atoms with van der Waals surface area (Å²) in [5, 5.41) is 1.42. The highest BCUT2D eigenvalue weighted by Crippen LogP contribution is 2.59. The lowest BCUT2D eigenvalue weighted by Gasteiger charge is -2.43. The molecule has 49 heavy (non-hydrogen) atoms.